The molecule has 5 aromatic carbocycles. The molecule has 0 amide bonds. The molecule has 0 fully saturated rings. The summed E-state index contributed by atoms with van der Waals surface area (Å²) in [4.78, 5) is 17.8. The van der Waals surface area contributed by atoms with Gasteiger partial charge in [0.1, 0.15) is 0 Å². The number of fused-ring (bicyclic) bond motifs is 7. The molecule has 3 heterocycles. The van der Waals surface area contributed by atoms with Crippen LogP contribution >= 0.6 is 0 Å². The number of anilines is 2. The fraction of sp³-hybridized carbons (Fsp3) is 0.0263. The molecular weight excluding hydrogens is 526 g/mol. The average Bonchev–Trinajstić information content (AvgIpc) is 3.34. The Hall–Kier alpha value is -5.81. The van der Waals surface area contributed by atoms with Gasteiger partial charge in [-0.25, -0.2) is 19.9 Å². The fourth-order valence-corrected chi connectivity index (χ4v) is 5.86. The van der Waals surface area contributed by atoms with Gasteiger partial charge >= 0.3 is 0 Å². The summed E-state index contributed by atoms with van der Waals surface area (Å²) < 4.78 is 2.24. The highest BCUT2D eigenvalue weighted by Gasteiger charge is 2.29. The maximum absolute atomic E-state index is 5.30. The van der Waals surface area contributed by atoms with Gasteiger partial charge in [-0.3, -0.25) is 4.57 Å². The zero-order valence-corrected chi connectivity index (χ0v) is 23.6. The molecule has 5 heteroatoms. The number of hydrogen-bond donors (Lipinski definition) is 0. The Morgan fingerprint density at radius 2 is 1.40 bits per heavy atom. The van der Waals surface area contributed by atoms with Gasteiger partial charge in [-0.1, -0.05) is 109 Å². The summed E-state index contributed by atoms with van der Waals surface area (Å²) in [6.07, 6.45) is 10.4. The molecule has 0 saturated carbocycles. The van der Waals surface area contributed by atoms with Gasteiger partial charge in [-0.05, 0) is 54.1 Å². The Labute approximate surface area is 249 Å². The van der Waals surface area contributed by atoms with Crippen molar-refractivity contribution in [3.63, 3.8) is 0 Å². The summed E-state index contributed by atoms with van der Waals surface area (Å²) in [7, 11) is 0. The number of hydrogen-bond acceptors (Lipinski definition) is 4. The van der Waals surface area contributed by atoms with Gasteiger partial charge in [0.15, 0.2) is 0 Å². The van der Waals surface area contributed by atoms with Crippen LogP contribution in [0.15, 0.2) is 145 Å². The number of aromatic nitrogens is 4. The van der Waals surface area contributed by atoms with Gasteiger partial charge in [-0.2, -0.15) is 0 Å². The molecule has 0 bridgehead atoms. The SMILES string of the molecule is C/C=C\C=C/C1=Cc2ccccc2-n2c(nc3cc4ccccc4cc32)N1c1nc(-c2ccccc2)c2ccccc2n1. The van der Waals surface area contributed by atoms with E-state index < -0.39 is 0 Å². The van der Waals surface area contributed by atoms with E-state index in [9.17, 15) is 0 Å². The first kappa shape index (κ1) is 24.9. The quantitative estimate of drug-likeness (QED) is 0.204. The van der Waals surface area contributed by atoms with Gasteiger partial charge in [-0.15, -0.1) is 0 Å². The van der Waals surface area contributed by atoms with E-state index in [1.54, 1.807) is 0 Å². The summed E-state index contributed by atoms with van der Waals surface area (Å²) in [5, 5.41) is 3.32. The van der Waals surface area contributed by atoms with Crippen molar-refractivity contribution in [2.24, 2.45) is 0 Å². The highest BCUT2D eigenvalue weighted by molar-refractivity contribution is 5.99. The van der Waals surface area contributed by atoms with Gasteiger partial charge in [0, 0.05) is 16.5 Å². The predicted molar refractivity (Wildman–Crippen MR) is 178 cm³/mol. The van der Waals surface area contributed by atoms with Crippen molar-refractivity contribution < 1.29 is 0 Å². The second-order valence-corrected chi connectivity index (χ2v) is 10.5. The zero-order valence-electron chi connectivity index (χ0n) is 23.6. The van der Waals surface area contributed by atoms with E-state index in [0.29, 0.717) is 5.95 Å². The second-order valence-electron chi connectivity index (χ2n) is 10.5. The molecule has 1 aliphatic rings. The van der Waals surface area contributed by atoms with Gasteiger partial charge in [0.2, 0.25) is 11.9 Å². The Bertz CT molecular complexity index is 2260. The summed E-state index contributed by atoms with van der Waals surface area (Å²) in [6, 6.07) is 39.8. The van der Waals surface area contributed by atoms with Gasteiger partial charge in [0.05, 0.1) is 33.6 Å². The molecule has 43 heavy (non-hydrogen) atoms. The molecule has 0 atom stereocenters. The normalized spacial score (nSPS) is 13.1. The minimum atomic E-state index is 0.558. The Balaban J connectivity index is 1.48. The summed E-state index contributed by atoms with van der Waals surface area (Å²) in [6.45, 7) is 2.02. The molecule has 0 spiro atoms. The van der Waals surface area contributed by atoms with Crippen LogP contribution < -0.4 is 4.90 Å². The van der Waals surface area contributed by atoms with Crippen LogP contribution in [0.4, 0.5) is 11.9 Å². The van der Waals surface area contributed by atoms with Crippen LogP contribution in [0.25, 0.3) is 55.7 Å². The summed E-state index contributed by atoms with van der Waals surface area (Å²) in [5.74, 6) is 1.30. The first-order valence-electron chi connectivity index (χ1n) is 14.4. The van der Waals surface area contributed by atoms with E-state index in [2.05, 4.69) is 100 Å². The molecule has 5 nitrogen and oxygen atoms in total. The van der Waals surface area contributed by atoms with Crippen molar-refractivity contribution in [3.05, 3.63) is 151 Å². The van der Waals surface area contributed by atoms with E-state index in [1.807, 2.05) is 61.5 Å². The molecule has 2 aromatic heterocycles. The van der Waals surface area contributed by atoms with Crippen molar-refractivity contribution in [2.45, 2.75) is 6.92 Å². The lowest BCUT2D eigenvalue weighted by atomic mass is 10.1. The van der Waals surface area contributed by atoms with Gasteiger partial charge < -0.3 is 0 Å². The molecule has 0 N–H and O–H groups in total. The number of nitrogens with zero attached hydrogens (tertiary/aromatic N) is 5. The van der Waals surface area contributed by atoms with Crippen LogP contribution in [0, 0.1) is 0 Å². The van der Waals surface area contributed by atoms with Crippen LogP contribution in [-0.2, 0) is 0 Å². The molecule has 8 rings (SSSR count). The lowest BCUT2D eigenvalue weighted by molar-refractivity contribution is 0.981. The number of imidazole rings is 1. The molecule has 0 unspecified atom stereocenters. The lowest BCUT2D eigenvalue weighted by Crippen LogP contribution is -2.21. The lowest BCUT2D eigenvalue weighted by Gasteiger charge is -2.23. The minimum absolute atomic E-state index is 0.558. The second kappa shape index (κ2) is 10.2. The minimum Gasteiger partial charge on any atom is -0.277 e. The van der Waals surface area contributed by atoms with Gasteiger partial charge in [0.25, 0.3) is 0 Å². The van der Waals surface area contributed by atoms with Crippen LogP contribution in [-0.4, -0.2) is 19.5 Å². The standard InChI is InChI=1S/C38H27N5/c1-2-3-5-19-30-23-29-18-10-13-22-34(29)43-35-25-28-17-9-8-16-27(28)24-33(35)40-38(43)42(30)37-39-32-21-12-11-20-31(32)36(41-37)26-14-6-4-7-15-26/h2-25H,1H3/b3-2-,19-5-. The Morgan fingerprint density at radius 1 is 0.651 bits per heavy atom. The maximum atomic E-state index is 5.30. The third-order valence-electron chi connectivity index (χ3n) is 7.85. The zero-order chi connectivity index (χ0) is 28.8. The third-order valence-corrected chi connectivity index (χ3v) is 7.85. The Kier molecular flexibility index (Phi) is 5.93. The fourth-order valence-electron chi connectivity index (χ4n) is 5.86. The predicted octanol–water partition coefficient (Wildman–Crippen LogP) is 9.41. The average molecular weight is 554 g/mol. The number of para-hydroxylation sites is 2. The largest absolute Gasteiger partial charge is 0.277 e. The van der Waals surface area contributed by atoms with Crippen LogP contribution in [0.5, 0.6) is 0 Å². The molecule has 0 saturated heterocycles. The highest BCUT2D eigenvalue weighted by Crippen LogP contribution is 2.40. The van der Waals surface area contributed by atoms with E-state index in [1.165, 1.54) is 5.39 Å². The number of benzene rings is 5. The third kappa shape index (κ3) is 4.21. The van der Waals surface area contributed by atoms with Crippen LogP contribution in [0.1, 0.15) is 12.5 Å². The highest BCUT2D eigenvalue weighted by atomic mass is 15.4. The molecular formula is C38H27N5. The monoisotopic (exact) mass is 553 g/mol. The topological polar surface area (TPSA) is 46.8 Å². The first-order chi connectivity index (χ1) is 21.3. The number of rotatable bonds is 4. The van der Waals surface area contributed by atoms with Crippen molar-refractivity contribution in [1.29, 1.82) is 0 Å². The molecule has 204 valence electrons. The summed E-state index contributed by atoms with van der Waals surface area (Å²) in [5.41, 5.74) is 7.79. The van der Waals surface area contributed by atoms with Crippen molar-refractivity contribution in [3.8, 4) is 16.9 Å². The van der Waals surface area contributed by atoms with Crippen LogP contribution in [0.2, 0.25) is 0 Å². The summed E-state index contributed by atoms with van der Waals surface area (Å²) >= 11 is 0. The Morgan fingerprint density at radius 3 is 2.26 bits per heavy atom. The molecule has 0 aliphatic carbocycles. The van der Waals surface area contributed by atoms with E-state index in [4.69, 9.17) is 15.0 Å². The van der Waals surface area contributed by atoms with Crippen molar-refractivity contribution in [2.75, 3.05) is 4.90 Å². The molecule has 0 radical (unpaired) electrons. The van der Waals surface area contributed by atoms with Crippen molar-refractivity contribution >= 4 is 50.7 Å². The maximum Gasteiger partial charge on any atom is 0.238 e. The molecule has 7 aromatic rings. The molecule has 1 aliphatic heterocycles. The van der Waals surface area contributed by atoms with Crippen LogP contribution in [0.3, 0.4) is 0 Å². The van der Waals surface area contributed by atoms with E-state index >= 15 is 0 Å². The smallest absolute Gasteiger partial charge is 0.238 e. The van der Waals surface area contributed by atoms with E-state index in [-0.39, 0.29) is 0 Å². The first-order valence-corrected chi connectivity index (χ1v) is 14.4. The van der Waals surface area contributed by atoms with E-state index in [0.717, 1.165) is 61.5 Å². The van der Waals surface area contributed by atoms with Crippen molar-refractivity contribution in [1.82, 2.24) is 19.5 Å². The number of allylic oxidation sites excluding steroid dienone is 4.